The summed E-state index contributed by atoms with van der Waals surface area (Å²) in [6.07, 6.45) is 2.08. The van der Waals surface area contributed by atoms with Crippen molar-refractivity contribution in [2.45, 2.75) is 32.9 Å². The van der Waals surface area contributed by atoms with Gasteiger partial charge in [0.25, 0.3) is 5.69 Å². The number of nitro benzene ring substituents is 1. The number of amides is 2. The molecule has 0 bridgehead atoms. The van der Waals surface area contributed by atoms with E-state index in [0.717, 1.165) is 5.56 Å². The van der Waals surface area contributed by atoms with Crippen LogP contribution in [0.1, 0.15) is 31.4 Å². The van der Waals surface area contributed by atoms with E-state index < -0.39 is 16.7 Å². The first-order valence-corrected chi connectivity index (χ1v) is 8.99. The molecule has 0 radical (unpaired) electrons. The summed E-state index contributed by atoms with van der Waals surface area (Å²) in [5.41, 5.74) is 3.54. The first-order chi connectivity index (χ1) is 13.9. The van der Waals surface area contributed by atoms with Crippen molar-refractivity contribution in [2.24, 2.45) is 5.10 Å². The van der Waals surface area contributed by atoms with Gasteiger partial charge in [0.05, 0.1) is 11.1 Å². The number of non-ortho nitro benzene ring substituents is 1. The number of para-hydroxylation sites is 1. The Morgan fingerprint density at radius 2 is 1.86 bits per heavy atom. The summed E-state index contributed by atoms with van der Waals surface area (Å²) >= 11 is 0. The summed E-state index contributed by atoms with van der Waals surface area (Å²) in [7, 11) is 0. The van der Waals surface area contributed by atoms with Gasteiger partial charge in [0.15, 0.2) is 0 Å². The van der Waals surface area contributed by atoms with E-state index in [1.54, 1.807) is 43.3 Å². The van der Waals surface area contributed by atoms with E-state index in [9.17, 15) is 19.7 Å². The molecule has 0 aliphatic carbocycles. The smallest absolute Gasteiger partial charge is 0.329 e. The highest BCUT2D eigenvalue weighted by Gasteiger charge is 2.14. The largest absolute Gasteiger partial charge is 0.488 e. The van der Waals surface area contributed by atoms with Crippen molar-refractivity contribution >= 4 is 23.7 Å². The average Bonchev–Trinajstić information content (AvgIpc) is 2.73. The maximum absolute atomic E-state index is 11.7. The quantitative estimate of drug-likeness (QED) is 0.306. The van der Waals surface area contributed by atoms with Crippen LogP contribution in [0.5, 0.6) is 5.75 Å². The molecule has 9 heteroatoms. The van der Waals surface area contributed by atoms with Crippen LogP contribution in [0.15, 0.2) is 53.6 Å². The van der Waals surface area contributed by atoms with Crippen LogP contribution >= 0.6 is 0 Å². The number of nitro groups is 1. The summed E-state index contributed by atoms with van der Waals surface area (Å²) in [5.74, 6) is -1.10. The lowest BCUT2D eigenvalue weighted by molar-refractivity contribution is -0.384. The minimum Gasteiger partial charge on any atom is -0.488 e. The summed E-state index contributed by atoms with van der Waals surface area (Å²) < 4.78 is 5.74. The third-order valence-electron chi connectivity index (χ3n) is 4.03. The van der Waals surface area contributed by atoms with Crippen LogP contribution in [-0.2, 0) is 16.2 Å². The molecule has 0 fully saturated rings. The highest BCUT2D eigenvalue weighted by molar-refractivity contribution is 6.35. The summed E-state index contributed by atoms with van der Waals surface area (Å²) in [6.45, 7) is 3.90. The molecule has 2 aromatic rings. The predicted molar refractivity (Wildman–Crippen MR) is 108 cm³/mol. The molecule has 2 aromatic carbocycles. The molecule has 2 rings (SSSR count). The lowest BCUT2D eigenvalue weighted by atomic mass is 10.2. The van der Waals surface area contributed by atoms with Crippen molar-refractivity contribution in [3.8, 4) is 5.75 Å². The number of carbonyl (C=O) groups is 2. The number of nitrogens with zero attached hydrogens (tertiary/aromatic N) is 2. The van der Waals surface area contributed by atoms with Crippen molar-refractivity contribution in [3.63, 3.8) is 0 Å². The van der Waals surface area contributed by atoms with E-state index in [1.807, 2.05) is 6.92 Å². The minimum absolute atomic E-state index is 0.00870. The zero-order chi connectivity index (χ0) is 21.2. The molecule has 2 N–H and O–H groups in total. The van der Waals surface area contributed by atoms with E-state index in [1.165, 1.54) is 18.3 Å². The molecule has 9 nitrogen and oxygen atoms in total. The van der Waals surface area contributed by atoms with Crippen molar-refractivity contribution in [1.82, 2.24) is 10.7 Å². The van der Waals surface area contributed by atoms with Crippen molar-refractivity contribution in [3.05, 3.63) is 69.8 Å². The number of hydrogen-bond acceptors (Lipinski definition) is 6. The van der Waals surface area contributed by atoms with Gasteiger partial charge in [-0.05, 0) is 43.2 Å². The number of nitrogens with one attached hydrogen (secondary N) is 2. The fraction of sp³-hybridized carbons (Fsp3) is 0.250. The fourth-order valence-corrected chi connectivity index (χ4v) is 2.20. The molecule has 0 unspecified atom stereocenters. The Balaban J connectivity index is 1.95. The van der Waals surface area contributed by atoms with Gasteiger partial charge in [-0.2, -0.15) is 5.10 Å². The molecule has 152 valence electrons. The van der Waals surface area contributed by atoms with Crippen LogP contribution in [0.2, 0.25) is 0 Å². The molecule has 0 aliphatic rings. The molecule has 0 spiro atoms. The summed E-state index contributed by atoms with van der Waals surface area (Å²) in [5, 5.41) is 17.0. The second kappa shape index (κ2) is 10.5. The monoisotopic (exact) mass is 398 g/mol. The third-order valence-corrected chi connectivity index (χ3v) is 4.03. The highest BCUT2D eigenvalue weighted by atomic mass is 16.6. The number of carbonyl (C=O) groups excluding carboxylic acids is 2. The molecule has 1 atom stereocenters. The highest BCUT2D eigenvalue weighted by Crippen LogP contribution is 2.19. The van der Waals surface area contributed by atoms with E-state index in [-0.39, 0.29) is 18.3 Å². The topological polar surface area (TPSA) is 123 Å². The molecule has 0 aromatic heterocycles. The van der Waals surface area contributed by atoms with Crippen LogP contribution in [0.4, 0.5) is 5.69 Å². The molecule has 0 saturated heterocycles. The van der Waals surface area contributed by atoms with E-state index >= 15 is 0 Å². The van der Waals surface area contributed by atoms with Gasteiger partial charge in [-0.25, -0.2) is 5.43 Å². The maximum atomic E-state index is 11.7. The Hall–Kier alpha value is -3.75. The van der Waals surface area contributed by atoms with Crippen LogP contribution in [0.25, 0.3) is 0 Å². The zero-order valence-corrected chi connectivity index (χ0v) is 16.1. The van der Waals surface area contributed by atoms with Gasteiger partial charge < -0.3 is 10.1 Å². The molecule has 29 heavy (non-hydrogen) atoms. The Labute approximate surface area is 167 Å². The maximum Gasteiger partial charge on any atom is 0.329 e. The second-order valence-corrected chi connectivity index (χ2v) is 6.23. The molecule has 0 aliphatic heterocycles. The summed E-state index contributed by atoms with van der Waals surface area (Å²) in [6, 6.07) is 13.0. The van der Waals surface area contributed by atoms with Gasteiger partial charge in [-0.15, -0.1) is 0 Å². The van der Waals surface area contributed by atoms with Gasteiger partial charge in [0, 0.05) is 23.7 Å². The Morgan fingerprint density at radius 1 is 1.17 bits per heavy atom. The van der Waals surface area contributed by atoms with Crippen LogP contribution in [0, 0.1) is 10.1 Å². The lowest BCUT2D eigenvalue weighted by Gasteiger charge is -2.10. The zero-order valence-electron chi connectivity index (χ0n) is 16.1. The van der Waals surface area contributed by atoms with Crippen molar-refractivity contribution < 1.29 is 19.2 Å². The van der Waals surface area contributed by atoms with Gasteiger partial charge in [-0.3, -0.25) is 19.7 Å². The lowest BCUT2D eigenvalue weighted by Crippen LogP contribution is -2.41. The predicted octanol–water partition coefficient (Wildman–Crippen LogP) is 2.54. The Kier molecular flexibility index (Phi) is 7.84. The third kappa shape index (κ3) is 6.73. The normalized spacial score (nSPS) is 11.7. The fourth-order valence-electron chi connectivity index (χ4n) is 2.20. The van der Waals surface area contributed by atoms with Crippen LogP contribution < -0.4 is 15.5 Å². The van der Waals surface area contributed by atoms with Gasteiger partial charge in [0.2, 0.25) is 0 Å². The van der Waals surface area contributed by atoms with Crippen molar-refractivity contribution in [1.29, 1.82) is 0 Å². The Bertz CT molecular complexity index is 896. The molecular weight excluding hydrogens is 376 g/mol. The molecule has 0 heterocycles. The molecular formula is C20H22N4O5. The summed E-state index contributed by atoms with van der Waals surface area (Å²) in [4.78, 5) is 33.7. The SMILES string of the molecule is CC[C@H](C)NC(=O)C(=O)N/N=C\c1ccccc1OCc1ccc([N+](=O)[O-])cc1. The van der Waals surface area contributed by atoms with E-state index in [4.69, 9.17) is 4.74 Å². The molecule has 2 amide bonds. The first kappa shape index (κ1) is 21.5. The second-order valence-electron chi connectivity index (χ2n) is 6.23. The van der Waals surface area contributed by atoms with Gasteiger partial charge >= 0.3 is 11.8 Å². The number of benzene rings is 2. The van der Waals surface area contributed by atoms with Gasteiger partial charge in [0.1, 0.15) is 12.4 Å². The number of rotatable bonds is 8. The van der Waals surface area contributed by atoms with Gasteiger partial charge in [-0.1, -0.05) is 19.1 Å². The van der Waals surface area contributed by atoms with E-state index in [2.05, 4.69) is 15.8 Å². The van der Waals surface area contributed by atoms with Crippen molar-refractivity contribution in [2.75, 3.05) is 0 Å². The number of hydrogen-bond donors (Lipinski definition) is 2. The standard InChI is InChI=1S/C20H22N4O5/c1-3-14(2)22-19(25)20(26)23-21-12-16-6-4-5-7-18(16)29-13-15-8-10-17(11-9-15)24(27)28/h4-12,14H,3,13H2,1-2H3,(H,22,25)(H,23,26)/b21-12-/t14-/m0/s1. The minimum atomic E-state index is -0.856. The first-order valence-electron chi connectivity index (χ1n) is 8.99. The number of ether oxygens (including phenoxy) is 1. The molecule has 0 saturated carbocycles. The van der Waals surface area contributed by atoms with E-state index in [0.29, 0.717) is 17.7 Å². The van der Waals surface area contributed by atoms with Crippen LogP contribution in [0.3, 0.4) is 0 Å². The average molecular weight is 398 g/mol. The number of hydrazone groups is 1. The Morgan fingerprint density at radius 3 is 2.52 bits per heavy atom. The van der Waals surface area contributed by atoms with Crippen LogP contribution in [-0.4, -0.2) is 29.0 Å².